The lowest BCUT2D eigenvalue weighted by Gasteiger charge is -2.38. The zero-order valence-electron chi connectivity index (χ0n) is 12.9. The summed E-state index contributed by atoms with van der Waals surface area (Å²) >= 11 is 0. The van der Waals surface area contributed by atoms with Crippen LogP contribution in [0, 0.1) is 23.2 Å². The van der Waals surface area contributed by atoms with Crippen LogP contribution in [0.2, 0.25) is 0 Å². The topological polar surface area (TPSA) is 50.7 Å². The molecular weight excluding hydrogens is 234 g/mol. The van der Waals surface area contributed by atoms with Crippen LogP contribution in [0.15, 0.2) is 10.2 Å². The molecule has 0 aromatic rings. The zero-order chi connectivity index (χ0) is 14.0. The molecule has 0 saturated heterocycles. The van der Waals surface area contributed by atoms with Crippen LogP contribution in [0.25, 0.3) is 0 Å². The molecule has 0 aromatic heterocycles. The Labute approximate surface area is 117 Å². The Bertz CT molecular complexity index is 368. The molecule has 2 N–H and O–H groups in total. The quantitative estimate of drug-likeness (QED) is 0.805. The van der Waals surface area contributed by atoms with Crippen molar-refractivity contribution in [3.05, 3.63) is 0 Å². The zero-order valence-corrected chi connectivity index (χ0v) is 12.9. The molecule has 3 heteroatoms. The monoisotopic (exact) mass is 263 g/mol. The summed E-state index contributed by atoms with van der Waals surface area (Å²) in [5.74, 6) is 2.76. The molecule has 1 atom stereocenters. The number of nitrogens with two attached hydrogens (primary N) is 1. The summed E-state index contributed by atoms with van der Waals surface area (Å²) in [6.45, 7) is 9.35. The number of nitrogens with zero attached hydrogens (tertiary/aromatic N) is 2. The Morgan fingerprint density at radius 3 is 2.26 bits per heavy atom. The smallest absolute Gasteiger partial charge is 0.123 e. The average molecular weight is 263 g/mol. The summed E-state index contributed by atoms with van der Waals surface area (Å²) in [4.78, 5) is 0. The number of hydrogen-bond donors (Lipinski definition) is 1. The highest BCUT2D eigenvalue weighted by molar-refractivity contribution is 5.96. The van der Waals surface area contributed by atoms with Crippen LogP contribution in [-0.2, 0) is 0 Å². The van der Waals surface area contributed by atoms with Crippen molar-refractivity contribution in [1.29, 1.82) is 0 Å². The second-order valence-corrected chi connectivity index (χ2v) is 7.34. The van der Waals surface area contributed by atoms with Gasteiger partial charge < -0.3 is 5.73 Å². The molecule has 0 bridgehead atoms. The van der Waals surface area contributed by atoms with E-state index in [-0.39, 0.29) is 0 Å². The van der Waals surface area contributed by atoms with Gasteiger partial charge in [0, 0.05) is 18.1 Å². The van der Waals surface area contributed by atoms with Gasteiger partial charge in [-0.1, -0.05) is 27.7 Å². The first kappa shape index (κ1) is 14.5. The fourth-order valence-corrected chi connectivity index (χ4v) is 3.63. The maximum atomic E-state index is 5.81. The average Bonchev–Trinajstić information content (AvgIpc) is 2.37. The first-order valence-electron chi connectivity index (χ1n) is 7.81. The van der Waals surface area contributed by atoms with Gasteiger partial charge in [0.15, 0.2) is 0 Å². The van der Waals surface area contributed by atoms with E-state index in [0.717, 1.165) is 18.8 Å². The summed E-state index contributed by atoms with van der Waals surface area (Å²) in [5.41, 5.74) is 7.60. The highest BCUT2D eigenvalue weighted by atomic mass is 15.2. The summed E-state index contributed by atoms with van der Waals surface area (Å²) in [6, 6.07) is 0. The van der Waals surface area contributed by atoms with E-state index in [9.17, 15) is 0 Å². The standard InChI is InChI=1S/C16H29N3/c1-5-11-10-14(17)18-19-15(11)12-6-8-13(9-7-12)16(2,3)4/h11-13H,5-10H2,1-4H3,(H2,17,18). The third kappa shape index (κ3) is 3.37. The van der Waals surface area contributed by atoms with Crippen molar-refractivity contribution in [3.8, 4) is 0 Å². The van der Waals surface area contributed by atoms with Gasteiger partial charge in [0.1, 0.15) is 5.84 Å². The number of hydrogen-bond acceptors (Lipinski definition) is 3. The van der Waals surface area contributed by atoms with Crippen molar-refractivity contribution in [1.82, 2.24) is 0 Å². The third-order valence-corrected chi connectivity index (χ3v) is 5.03. The van der Waals surface area contributed by atoms with E-state index in [1.54, 1.807) is 0 Å². The van der Waals surface area contributed by atoms with Crippen molar-refractivity contribution in [3.63, 3.8) is 0 Å². The molecule has 2 aliphatic rings. The van der Waals surface area contributed by atoms with Gasteiger partial charge in [-0.25, -0.2) is 0 Å². The van der Waals surface area contributed by atoms with Gasteiger partial charge in [0.25, 0.3) is 0 Å². The Balaban J connectivity index is 2.01. The summed E-state index contributed by atoms with van der Waals surface area (Å²) in [7, 11) is 0. The van der Waals surface area contributed by atoms with Gasteiger partial charge >= 0.3 is 0 Å². The van der Waals surface area contributed by atoms with E-state index in [4.69, 9.17) is 5.73 Å². The van der Waals surface area contributed by atoms with Gasteiger partial charge in [-0.3, -0.25) is 0 Å². The summed E-state index contributed by atoms with van der Waals surface area (Å²) in [6.07, 6.45) is 7.29. The molecule has 108 valence electrons. The SMILES string of the molecule is CCC1CC(N)=NN=C1C1CCC(C(C)(C)C)CC1. The molecule has 1 unspecified atom stereocenters. The molecule has 19 heavy (non-hydrogen) atoms. The summed E-state index contributed by atoms with van der Waals surface area (Å²) < 4.78 is 0. The van der Waals surface area contributed by atoms with Crippen molar-refractivity contribution < 1.29 is 0 Å². The Morgan fingerprint density at radius 1 is 1.11 bits per heavy atom. The van der Waals surface area contributed by atoms with Crippen LogP contribution in [0.4, 0.5) is 0 Å². The van der Waals surface area contributed by atoms with Crippen molar-refractivity contribution in [2.45, 2.75) is 66.2 Å². The molecule has 3 nitrogen and oxygen atoms in total. The van der Waals surface area contributed by atoms with Gasteiger partial charge in [-0.05, 0) is 49.4 Å². The van der Waals surface area contributed by atoms with Gasteiger partial charge in [-0.15, -0.1) is 5.10 Å². The van der Waals surface area contributed by atoms with Gasteiger partial charge in [0.05, 0.1) is 0 Å². The van der Waals surface area contributed by atoms with E-state index in [1.165, 1.54) is 31.4 Å². The maximum Gasteiger partial charge on any atom is 0.123 e. The molecule has 0 spiro atoms. The fourth-order valence-electron chi connectivity index (χ4n) is 3.63. The Morgan fingerprint density at radius 2 is 1.74 bits per heavy atom. The van der Waals surface area contributed by atoms with Gasteiger partial charge in [-0.2, -0.15) is 5.10 Å². The minimum absolute atomic E-state index is 0.450. The molecule has 1 aliphatic carbocycles. The highest BCUT2D eigenvalue weighted by Crippen LogP contribution is 2.41. The van der Waals surface area contributed by atoms with E-state index < -0.39 is 0 Å². The normalized spacial score (nSPS) is 32.7. The van der Waals surface area contributed by atoms with Crippen molar-refractivity contribution in [2.75, 3.05) is 0 Å². The highest BCUT2D eigenvalue weighted by Gasteiger charge is 2.34. The molecule has 1 heterocycles. The van der Waals surface area contributed by atoms with Crippen LogP contribution in [-0.4, -0.2) is 11.5 Å². The molecule has 1 fully saturated rings. The predicted molar refractivity (Wildman–Crippen MR) is 82.4 cm³/mol. The lowest BCUT2D eigenvalue weighted by Crippen LogP contribution is -2.34. The molecule has 0 amide bonds. The van der Waals surface area contributed by atoms with E-state index >= 15 is 0 Å². The van der Waals surface area contributed by atoms with Crippen LogP contribution >= 0.6 is 0 Å². The molecule has 0 aromatic carbocycles. The molecule has 2 rings (SSSR count). The first-order chi connectivity index (χ1) is 8.91. The van der Waals surface area contributed by atoms with E-state index in [1.807, 2.05) is 0 Å². The lowest BCUT2D eigenvalue weighted by atomic mass is 9.67. The molecule has 0 radical (unpaired) electrons. The first-order valence-corrected chi connectivity index (χ1v) is 7.81. The van der Waals surface area contributed by atoms with Crippen LogP contribution in [0.5, 0.6) is 0 Å². The van der Waals surface area contributed by atoms with Crippen molar-refractivity contribution in [2.24, 2.45) is 39.1 Å². The second kappa shape index (κ2) is 5.64. The van der Waals surface area contributed by atoms with Crippen molar-refractivity contribution >= 4 is 11.5 Å². The second-order valence-electron chi connectivity index (χ2n) is 7.34. The van der Waals surface area contributed by atoms with Crippen LogP contribution < -0.4 is 5.73 Å². The maximum absolute atomic E-state index is 5.81. The van der Waals surface area contributed by atoms with E-state index in [0.29, 0.717) is 23.1 Å². The van der Waals surface area contributed by atoms with Gasteiger partial charge in [0.2, 0.25) is 0 Å². The molecule has 1 aliphatic heterocycles. The minimum Gasteiger partial charge on any atom is -0.386 e. The number of amidine groups is 1. The number of rotatable bonds is 2. The molecule has 1 saturated carbocycles. The molecular formula is C16H29N3. The third-order valence-electron chi connectivity index (χ3n) is 5.03. The fraction of sp³-hybridized carbons (Fsp3) is 0.875. The lowest BCUT2D eigenvalue weighted by molar-refractivity contribution is 0.165. The Kier molecular flexibility index (Phi) is 4.32. The van der Waals surface area contributed by atoms with Crippen LogP contribution in [0.1, 0.15) is 66.2 Å². The summed E-state index contributed by atoms with van der Waals surface area (Å²) in [5, 5.41) is 8.59. The van der Waals surface area contributed by atoms with E-state index in [2.05, 4.69) is 37.9 Å². The Hall–Kier alpha value is -0.860. The predicted octanol–water partition coefficient (Wildman–Crippen LogP) is 3.98. The van der Waals surface area contributed by atoms with Crippen LogP contribution in [0.3, 0.4) is 0 Å². The minimum atomic E-state index is 0.450. The largest absolute Gasteiger partial charge is 0.386 e.